The summed E-state index contributed by atoms with van der Waals surface area (Å²) in [5.41, 5.74) is 9.51. The SMILES string of the molecule is c1ccc(-c2ccc(N(c3cccc4ccccc34)c3ccc(-c4nc(-c5ccccc5)nc(-c5ccccc5)n4)c4c3oc3cc5ccccc5cc34)cc2)cc1. The predicted octanol–water partition coefficient (Wildman–Crippen LogP) is 14.2. The number of furan rings is 1. The Bertz CT molecular complexity index is 3210. The van der Waals surface area contributed by atoms with Gasteiger partial charge >= 0.3 is 0 Å². The molecule has 0 atom stereocenters. The van der Waals surface area contributed by atoms with Crippen LogP contribution in [-0.2, 0) is 0 Å². The van der Waals surface area contributed by atoms with E-state index < -0.39 is 0 Å². The fourth-order valence-corrected chi connectivity index (χ4v) is 8.09. The maximum absolute atomic E-state index is 7.10. The highest BCUT2D eigenvalue weighted by molar-refractivity contribution is 6.19. The summed E-state index contributed by atoms with van der Waals surface area (Å²) in [4.78, 5) is 17.7. The van der Waals surface area contributed by atoms with Crippen molar-refractivity contribution in [2.24, 2.45) is 0 Å². The zero-order valence-corrected chi connectivity index (χ0v) is 31.3. The second-order valence-corrected chi connectivity index (χ2v) is 14.4. The largest absolute Gasteiger partial charge is 0.454 e. The summed E-state index contributed by atoms with van der Waals surface area (Å²) < 4.78 is 7.10. The Hall–Kier alpha value is -7.89. The van der Waals surface area contributed by atoms with Gasteiger partial charge in [0.2, 0.25) is 0 Å². The molecule has 5 heteroatoms. The quantitative estimate of drug-likeness (QED) is 0.163. The van der Waals surface area contributed by atoms with Crippen molar-refractivity contribution in [3.8, 4) is 45.3 Å². The van der Waals surface area contributed by atoms with Gasteiger partial charge in [0.05, 0.1) is 11.4 Å². The molecule has 0 saturated heterocycles. The molecule has 0 unspecified atom stereocenters. The van der Waals surface area contributed by atoms with Crippen LogP contribution in [0.25, 0.3) is 88.8 Å². The smallest absolute Gasteiger partial charge is 0.164 e. The van der Waals surface area contributed by atoms with Gasteiger partial charge in [0.1, 0.15) is 5.58 Å². The molecule has 0 aliphatic carbocycles. The summed E-state index contributed by atoms with van der Waals surface area (Å²) in [6, 6.07) is 71.6. The second kappa shape index (κ2) is 14.0. The topological polar surface area (TPSA) is 55.1 Å². The van der Waals surface area contributed by atoms with Gasteiger partial charge in [0.15, 0.2) is 23.1 Å². The maximum atomic E-state index is 7.10. The fraction of sp³-hybridized carbons (Fsp3) is 0. The summed E-state index contributed by atoms with van der Waals surface area (Å²) in [7, 11) is 0. The minimum absolute atomic E-state index is 0.573. The Labute approximate surface area is 335 Å². The molecular weight excluding hydrogens is 709 g/mol. The van der Waals surface area contributed by atoms with E-state index in [2.05, 4.69) is 144 Å². The summed E-state index contributed by atoms with van der Waals surface area (Å²) in [6.45, 7) is 0. The summed E-state index contributed by atoms with van der Waals surface area (Å²) in [6.07, 6.45) is 0. The first-order chi connectivity index (χ1) is 28.7. The van der Waals surface area contributed by atoms with E-state index >= 15 is 0 Å². The molecule has 0 spiro atoms. The van der Waals surface area contributed by atoms with Gasteiger partial charge in [-0.2, -0.15) is 0 Å². The van der Waals surface area contributed by atoms with Crippen LogP contribution >= 0.6 is 0 Å². The molecule has 272 valence electrons. The number of fused-ring (bicyclic) bond motifs is 5. The molecule has 11 aromatic rings. The van der Waals surface area contributed by atoms with E-state index in [0.717, 1.165) is 82.8 Å². The number of benzene rings is 9. The van der Waals surface area contributed by atoms with Crippen molar-refractivity contribution in [3.05, 3.63) is 206 Å². The van der Waals surface area contributed by atoms with Crippen molar-refractivity contribution in [2.75, 3.05) is 4.90 Å². The maximum Gasteiger partial charge on any atom is 0.164 e. The lowest BCUT2D eigenvalue weighted by Crippen LogP contribution is -2.11. The molecular formula is C53H34N4O. The van der Waals surface area contributed by atoms with Gasteiger partial charge in [-0.3, -0.25) is 0 Å². The van der Waals surface area contributed by atoms with Crippen LogP contribution in [0.1, 0.15) is 0 Å². The third kappa shape index (κ3) is 5.85. The van der Waals surface area contributed by atoms with Crippen molar-refractivity contribution in [3.63, 3.8) is 0 Å². The summed E-state index contributed by atoms with van der Waals surface area (Å²) >= 11 is 0. The lowest BCUT2D eigenvalue weighted by Gasteiger charge is -2.27. The van der Waals surface area contributed by atoms with Gasteiger partial charge in [-0.25, -0.2) is 15.0 Å². The molecule has 0 radical (unpaired) electrons. The number of nitrogens with zero attached hydrogens (tertiary/aromatic N) is 4. The van der Waals surface area contributed by atoms with Crippen LogP contribution in [0, 0.1) is 0 Å². The van der Waals surface area contributed by atoms with E-state index in [0.29, 0.717) is 17.5 Å². The first-order valence-electron chi connectivity index (χ1n) is 19.4. The molecule has 58 heavy (non-hydrogen) atoms. The number of hydrogen-bond donors (Lipinski definition) is 0. The van der Waals surface area contributed by atoms with E-state index in [1.165, 1.54) is 5.56 Å². The van der Waals surface area contributed by atoms with E-state index in [1.807, 2.05) is 66.7 Å². The van der Waals surface area contributed by atoms with Gasteiger partial charge in [0, 0.05) is 38.5 Å². The lowest BCUT2D eigenvalue weighted by molar-refractivity contribution is 0.669. The lowest BCUT2D eigenvalue weighted by atomic mass is 10.00. The van der Waals surface area contributed by atoms with Crippen LogP contribution in [0.4, 0.5) is 17.1 Å². The molecule has 0 aliphatic rings. The van der Waals surface area contributed by atoms with Crippen LogP contribution in [0.2, 0.25) is 0 Å². The molecule has 9 aromatic carbocycles. The fourth-order valence-electron chi connectivity index (χ4n) is 8.09. The second-order valence-electron chi connectivity index (χ2n) is 14.4. The normalized spacial score (nSPS) is 11.4. The molecule has 0 saturated carbocycles. The third-order valence-electron chi connectivity index (χ3n) is 10.9. The van der Waals surface area contributed by atoms with Gasteiger partial charge in [0.25, 0.3) is 0 Å². The van der Waals surface area contributed by atoms with Crippen molar-refractivity contribution in [2.45, 2.75) is 0 Å². The highest BCUT2D eigenvalue weighted by Crippen LogP contribution is 2.47. The summed E-state index contributed by atoms with van der Waals surface area (Å²) in [5, 5.41) is 6.45. The van der Waals surface area contributed by atoms with Crippen molar-refractivity contribution in [1.82, 2.24) is 15.0 Å². The highest BCUT2D eigenvalue weighted by Gasteiger charge is 2.25. The molecule has 11 rings (SSSR count). The van der Waals surface area contributed by atoms with Gasteiger partial charge in [-0.15, -0.1) is 0 Å². The number of hydrogen-bond acceptors (Lipinski definition) is 5. The van der Waals surface area contributed by atoms with Gasteiger partial charge < -0.3 is 9.32 Å². The standard InChI is InChI=1S/C53H34N4O/c1-4-15-35(16-5-1)36-27-29-42(30-28-36)57(46-26-14-24-37-17-12-13-25-43(37)46)47-32-31-44(49-45-33-40-22-10-11-23-41(40)34-48(45)58-50(47)49)53-55-51(38-18-6-2-7-19-38)54-52(56-53)39-20-8-3-9-21-39/h1-34H. The zero-order chi connectivity index (χ0) is 38.4. The molecule has 0 aliphatic heterocycles. The van der Waals surface area contributed by atoms with Crippen LogP contribution in [0.5, 0.6) is 0 Å². The Morgan fingerprint density at radius 2 is 0.897 bits per heavy atom. The van der Waals surface area contributed by atoms with Crippen LogP contribution < -0.4 is 4.90 Å². The number of anilines is 3. The van der Waals surface area contributed by atoms with E-state index in [-0.39, 0.29) is 0 Å². The van der Waals surface area contributed by atoms with Crippen LogP contribution in [-0.4, -0.2) is 15.0 Å². The van der Waals surface area contributed by atoms with Crippen molar-refractivity contribution < 1.29 is 4.42 Å². The van der Waals surface area contributed by atoms with Gasteiger partial charge in [-0.1, -0.05) is 164 Å². The Kier molecular flexibility index (Phi) is 8.07. The molecule has 0 fully saturated rings. The van der Waals surface area contributed by atoms with E-state index in [4.69, 9.17) is 19.4 Å². The predicted molar refractivity (Wildman–Crippen MR) is 239 cm³/mol. The monoisotopic (exact) mass is 742 g/mol. The zero-order valence-electron chi connectivity index (χ0n) is 31.3. The molecule has 0 bridgehead atoms. The van der Waals surface area contributed by atoms with E-state index in [9.17, 15) is 0 Å². The average molecular weight is 743 g/mol. The summed E-state index contributed by atoms with van der Waals surface area (Å²) in [5.74, 6) is 1.79. The molecule has 5 nitrogen and oxygen atoms in total. The van der Waals surface area contributed by atoms with Gasteiger partial charge in [-0.05, 0) is 69.8 Å². The first-order valence-corrected chi connectivity index (χ1v) is 19.4. The molecule has 0 N–H and O–H groups in total. The number of aromatic nitrogens is 3. The van der Waals surface area contributed by atoms with Crippen LogP contribution in [0.3, 0.4) is 0 Å². The third-order valence-corrected chi connectivity index (χ3v) is 10.9. The Morgan fingerprint density at radius 1 is 0.362 bits per heavy atom. The Balaban J connectivity index is 1.21. The minimum atomic E-state index is 0.573. The number of rotatable bonds is 7. The molecule has 2 aromatic heterocycles. The minimum Gasteiger partial charge on any atom is -0.454 e. The molecule has 2 heterocycles. The van der Waals surface area contributed by atoms with Crippen LogP contribution in [0.15, 0.2) is 211 Å². The average Bonchev–Trinajstić information content (AvgIpc) is 3.68. The first kappa shape index (κ1) is 33.4. The Morgan fingerprint density at radius 3 is 1.57 bits per heavy atom. The van der Waals surface area contributed by atoms with E-state index in [1.54, 1.807) is 0 Å². The van der Waals surface area contributed by atoms with Crippen molar-refractivity contribution >= 4 is 60.5 Å². The molecule has 0 amide bonds. The highest BCUT2D eigenvalue weighted by atomic mass is 16.3. The van der Waals surface area contributed by atoms with Crippen molar-refractivity contribution in [1.29, 1.82) is 0 Å².